The number of nitrogens with two attached hydrogens (primary N) is 1. The molecule has 1 saturated heterocycles. The monoisotopic (exact) mass is 388 g/mol. The fourth-order valence-corrected chi connectivity index (χ4v) is 4.24. The smallest absolute Gasteiger partial charge is 0.245 e. The van der Waals surface area contributed by atoms with Gasteiger partial charge in [-0.1, -0.05) is 35.8 Å². The lowest BCUT2D eigenvalue weighted by atomic mass is 9.46. The van der Waals surface area contributed by atoms with E-state index in [1.165, 1.54) is 0 Å². The van der Waals surface area contributed by atoms with Gasteiger partial charge < -0.3 is 15.8 Å². The van der Waals surface area contributed by atoms with E-state index < -0.39 is 5.54 Å². The molecule has 4 nitrogen and oxygen atoms in total. The summed E-state index contributed by atoms with van der Waals surface area (Å²) in [6.45, 7) is 4.83. The zero-order valence-corrected chi connectivity index (χ0v) is 15.2. The summed E-state index contributed by atoms with van der Waals surface area (Å²) in [5.41, 5.74) is 6.09. The van der Waals surface area contributed by atoms with Gasteiger partial charge in [0.25, 0.3) is 0 Å². The summed E-state index contributed by atoms with van der Waals surface area (Å²) >= 11 is 3.41. The number of fused-ring (bicyclic) bond motifs is 1. The van der Waals surface area contributed by atoms with Crippen LogP contribution in [0.2, 0.25) is 0 Å². The summed E-state index contributed by atoms with van der Waals surface area (Å²) in [6, 6.07) is 7.56. The zero-order valence-electron chi connectivity index (χ0n) is 12.8. The van der Waals surface area contributed by atoms with Crippen LogP contribution >= 0.6 is 28.3 Å². The van der Waals surface area contributed by atoms with Crippen LogP contribution in [0.1, 0.15) is 26.7 Å². The molecule has 0 spiro atoms. The minimum Gasteiger partial charge on any atom is -0.377 e. The van der Waals surface area contributed by atoms with Crippen LogP contribution in [0, 0.1) is 11.3 Å². The van der Waals surface area contributed by atoms with Gasteiger partial charge in [0.05, 0.1) is 6.10 Å². The number of carbonyl (C=O) groups excluding carboxylic acids is 1. The van der Waals surface area contributed by atoms with Crippen LogP contribution in [0.4, 0.5) is 5.69 Å². The maximum absolute atomic E-state index is 12.8. The second-order valence-corrected chi connectivity index (χ2v) is 7.51. The molecule has 6 heteroatoms. The minimum absolute atomic E-state index is 0. The van der Waals surface area contributed by atoms with Crippen LogP contribution in [0.15, 0.2) is 28.7 Å². The van der Waals surface area contributed by atoms with Crippen molar-refractivity contribution in [1.29, 1.82) is 0 Å². The maximum atomic E-state index is 12.8. The van der Waals surface area contributed by atoms with E-state index in [4.69, 9.17) is 10.5 Å². The molecule has 1 heterocycles. The molecule has 3 rings (SSSR count). The van der Waals surface area contributed by atoms with Gasteiger partial charge in [0.15, 0.2) is 0 Å². The molecular weight excluding hydrogens is 368 g/mol. The van der Waals surface area contributed by atoms with E-state index in [0.29, 0.717) is 0 Å². The zero-order chi connectivity index (χ0) is 15.3. The van der Waals surface area contributed by atoms with Crippen molar-refractivity contribution in [3.63, 3.8) is 0 Å². The average molecular weight is 390 g/mol. The molecule has 1 aliphatic heterocycles. The Kier molecular flexibility index (Phi) is 4.93. The molecule has 1 aliphatic carbocycles. The van der Waals surface area contributed by atoms with E-state index in [1.807, 2.05) is 38.1 Å². The van der Waals surface area contributed by atoms with Crippen molar-refractivity contribution in [3.05, 3.63) is 28.7 Å². The van der Waals surface area contributed by atoms with Gasteiger partial charge in [0, 0.05) is 28.1 Å². The lowest BCUT2D eigenvalue weighted by Crippen LogP contribution is -2.81. The minimum atomic E-state index is -0.875. The maximum Gasteiger partial charge on any atom is 0.245 e. The predicted octanol–water partition coefficient (Wildman–Crippen LogP) is 3.34. The molecule has 0 radical (unpaired) electrons. The molecule has 3 unspecified atom stereocenters. The normalized spacial score (nSPS) is 32.2. The van der Waals surface area contributed by atoms with Gasteiger partial charge in [-0.2, -0.15) is 0 Å². The Morgan fingerprint density at radius 1 is 1.45 bits per heavy atom. The highest BCUT2D eigenvalue weighted by Crippen LogP contribution is 2.57. The van der Waals surface area contributed by atoms with Crippen molar-refractivity contribution >= 4 is 39.9 Å². The molecule has 2 aliphatic rings. The number of hydrogen-bond donors (Lipinski definition) is 2. The van der Waals surface area contributed by atoms with Crippen molar-refractivity contribution < 1.29 is 9.53 Å². The lowest BCUT2D eigenvalue weighted by molar-refractivity contribution is -0.222. The van der Waals surface area contributed by atoms with E-state index in [0.717, 1.165) is 29.6 Å². The van der Waals surface area contributed by atoms with E-state index in [9.17, 15) is 4.79 Å². The number of benzene rings is 1. The first-order valence-corrected chi connectivity index (χ1v) is 8.14. The molecule has 1 amide bonds. The Morgan fingerprint density at radius 3 is 2.86 bits per heavy atom. The van der Waals surface area contributed by atoms with Gasteiger partial charge >= 0.3 is 0 Å². The van der Waals surface area contributed by atoms with Crippen LogP contribution in [-0.4, -0.2) is 24.2 Å². The standard InChI is InChI=1S/C16H21BrN2O2.ClH/c1-15(2)13-12(7-4-8-21-13)16(15,18)14(20)19-11-6-3-5-10(17)9-11;/h3,5-6,9,12-13H,4,7-8,18H2,1-2H3,(H,19,20);1H. The second kappa shape index (κ2) is 6.11. The largest absolute Gasteiger partial charge is 0.377 e. The molecule has 1 aromatic rings. The fourth-order valence-electron chi connectivity index (χ4n) is 3.84. The number of nitrogens with one attached hydrogen (secondary N) is 1. The summed E-state index contributed by atoms with van der Waals surface area (Å²) in [6.07, 6.45) is 2.01. The van der Waals surface area contributed by atoms with Gasteiger partial charge in [-0.15, -0.1) is 12.4 Å². The first-order valence-electron chi connectivity index (χ1n) is 7.35. The Bertz CT molecular complexity index is 581. The molecule has 1 aromatic carbocycles. The first-order chi connectivity index (χ1) is 9.87. The van der Waals surface area contributed by atoms with Gasteiger partial charge in [-0.05, 0) is 31.0 Å². The number of ether oxygens (including phenoxy) is 1. The summed E-state index contributed by atoms with van der Waals surface area (Å²) in [7, 11) is 0. The molecule has 0 aromatic heterocycles. The van der Waals surface area contributed by atoms with Gasteiger partial charge in [-0.25, -0.2) is 0 Å². The number of anilines is 1. The molecule has 122 valence electrons. The van der Waals surface area contributed by atoms with E-state index >= 15 is 0 Å². The van der Waals surface area contributed by atoms with Gasteiger partial charge in [0.1, 0.15) is 5.54 Å². The molecule has 0 bridgehead atoms. The topological polar surface area (TPSA) is 64.3 Å². The summed E-state index contributed by atoms with van der Waals surface area (Å²) in [5.74, 6) is -0.00856. The van der Waals surface area contributed by atoms with Crippen molar-refractivity contribution in [2.45, 2.75) is 38.3 Å². The highest BCUT2D eigenvalue weighted by atomic mass is 79.9. The number of hydrogen-bond acceptors (Lipinski definition) is 3. The average Bonchev–Trinajstić information content (AvgIpc) is 2.46. The second-order valence-electron chi connectivity index (χ2n) is 6.60. The third kappa shape index (κ3) is 2.48. The van der Waals surface area contributed by atoms with Gasteiger partial charge in [0.2, 0.25) is 5.91 Å². The Labute approximate surface area is 145 Å². The van der Waals surface area contributed by atoms with Crippen molar-refractivity contribution in [3.8, 4) is 0 Å². The molecule has 3 N–H and O–H groups in total. The fraction of sp³-hybridized carbons (Fsp3) is 0.562. The Hall–Kier alpha value is -0.620. The molecule has 3 atom stereocenters. The van der Waals surface area contributed by atoms with Crippen LogP contribution in [0.25, 0.3) is 0 Å². The van der Waals surface area contributed by atoms with Gasteiger partial charge in [-0.3, -0.25) is 4.79 Å². The van der Waals surface area contributed by atoms with E-state index in [2.05, 4.69) is 21.2 Å². The van der Waals surface area contributed by atoms with Crippen molar-refractivity contribution in [2.24, 2.45) is 17.1 Å². The third-order valence-corrected chi connectivity index (χ3v) is 5.64. The number of rotatable bonds is 2. The van der Waals surface area contributed by atoms with Crippen molar-refractivity contribution in [1.82, 2.24) is 0 Å². The van der Waals surface area contributed by atoms with Crippen LogP contribution in [0.5, 0.6) is 0 Å². The van der Waals surface area contributed by atoms with E-state index in [-0.39, 0.29) is 35.8 Å². The molecule has 1 saturated carbocycles. The third-order valence-electron chi connectivity index (χ3n) is 5.14. The number of halogens is 2. The van der Waals surface area contributed by atoms with E-state index in [1.54, 1.807) is 0 Å². The Balaban J connectivity index is 0.00000176. The summed E-state index contributed by atoms with van der Waals surface area (Å²) < 4.78 is 6.77. The molecular formula is C16H22BrClN2O2. The highest BCUT2D eigenvalue weighted by Gasteiger charge is 2.70. The predicted molar refractivity (Wildman–Crippen MR) is 93.2 cm³/mol. The van der Waals surface area contributed by atoms with Crippen LogP contribution < -0.4 is 11.1 Å². The molecule has 22 heavy (non-hydrogen) atoms. The highest BCUT2D eigenvalue weighted by molar-refractivity contribution is 9.10. The molecule has 2 fully saturated rings. The summed E-state index contributed by atoms with van der Waals surface area (Å²) in [4.78, 5) is 12.8. The van der Waals surface area contributed by atoms with Crippen molar-refractivity contribution in [2.75, 3.05) is 11.9 Å². The number of amides is 1. The van der Waals surface area contributed by atoms with Crippen LogP contribution in [0.3, 0.4) is 0 Å². The lowest BCUT2D eigenvalue weighted by Gasteiger charge is -2.65. The van der Waals surface area contributed by atoms with Crippen LogP contribution in [-0.2, 0) is 9.53 Å². The SMILES string of the molecule is CC1(C)C2OCCCC2C1(N)C(=O)Nc1cccc(Br)c1.Cl. The Morgan fingerprint density at radius 2 is 2.18 bits per heavy atom. The number of carbonyl (C=O) groups is 1. The summed E-state index contributed by atoms with van der Waals surface area (Å²) in [5, 5.41) is 2.96. The quantitative estimate of drug-likeness (QED) is 0.815. The first kappa shape index (κ1) is 17.7.